The molecule has 0 N–H and O–H groups in total. The van der Waals surface area contributed by atoms with Crippen molar-refractivity contribution >= 4 is 35.1 Å². The summed E-state index contributed by atoms with van der Waals surface area (Å²) in [5.41, 5.74) is 0.839. The molecule has 0 bridgehead atoms. The molecule has 33 heavy (non-hydrogen) atoms. The average Bonchev–Trinajstić information content (AvgIpc) is 3.17. The minimum atomic E-state index is -1.02. The van der Waals surface area contributed by atoms with Crippen LogP contribution in [0.5, 0.6) is 0 Å². The van der Waals surface area contributed by atoms with E-state index in [0.717, 1.165) is 24.2 Å². The van der Waals surface area contributed by atoms with Crippen molar-refractivity contribution in [1.29, 1.82) is 0 Å². The standard InChI is InChI=1S/C25H27ClN4O2S/c1-29-22(16-18-10-4-3-5-11-18)27-28-24(29)33-17-23(32)30(2)25(15-9-8-14-21(25)31)19-12-6-7-13-20(19)26/h3-7,10-13H,8-9,14-17H2,1-2H3/t25-/m1/s1. The molecule has 0 radical (unpaired) electrons. The molecule has 0 spiro atoms. The van der Waals surface area contributed by atoms with Gasteiger partial charge in [-0.3, -0.25) is 9.59 Å². The summed E-state index contributed by atoms with van der Waals surface area (Å²) in [5.74, 6) is 0.904. The molecule has 0 unspecified atom stereocenters. The predicted molar refractivity (Wildman–Crippen MR) is 130 cm³/mol. The van der Waals surface area contributed by atoms with E-state index in [1.165, 1.54) is 11.8 Å². The van der Waals surface area contributed by atoms with Crippen molar-refractivity contribution < 1.29 is 9.59 Å². The summed E-state index contributed by atoms with van der Waals surface area (Å²) >= 11 is 7.84. The van der Waals surface area contributed by atoms with Crippen LogP contribution in [-0.4, -0.2) is 44.2 Å². The van der Waals surface area contributed by atoms with Crippen molar-refractivity contribution in [2.75, 3.05) is 12.8 Å². The second-order valence-electron chi connectivity index (χ2n) is 8.33. The molecule has 3 aromatic rings. The van der Waals surface area contributed by atoms with Gasteiger partial charge in [-0.25, -0.2) is 0 Å². The van der Waals surface area contributed by atoms with Crippen LogP contribution in [0.3, 0.4) is 0 Å². The van der Waals surface area contributed by atoms with Gasteiger partial charge in [-0.2, -0.15) is 0 Å². The first-order valence-electron chi connectivity index (χ1n) is 11.0. The Hall–Kier alpha value is -2.64. The number of nitrogens with zero attached hydrogens (tertiary/aromatic N) is 4. The SMILES string of the molecule is CN(C(=O)CSc1nnc(Cc2ccccc2)n1C)[C@@]1(c2ccccc2Cl)CCCCC1=O. The zero-order valence-corrected chi connectivity index (χ0v) is 20.4. The van der Waals surface area contributed by atoms with Crippen LogP contribution in [0.25, 0.3) is 0 Å². The number of rotatable bonds is 7. The molecule has 1 fully saturated rings. The second kappa shape index (κ2) is 10.1. The average molecular weight is 483 g/mol. The van der Waals surface area contributed by atoms with Crippen LogP contribution < -0.4 is 0 Å². The van der Waals surface area contributed by atoms with Gasteiger partial charge in [-0.05, 0) is 30.9 Å². The first-order valence-corrected chi connectivity index (χ1v) is 12.4. The third kappa shape index (κ3) is 4.70. The topological polar surface area (TPSA) is 68.1 Å². The maximum atomic E-state index is 13.3. The first kappa shape index (κ1) is 23.5. The molecule has 4 rings (SSSR count). The van der Waals surface area contributed by atoms with Gasteiger partial charge in [0.1, 0.15) is 11.4 Å². The summed E-state index contributed by atoms with van der Waals surface area (Å²) in [4.78, 5) is 28.1. The van der Waals surface area contributed by atoms with Crippen LogP contribution in [0, 0.1) is 0 Å². The Bertz CT molecular complexity index is 1150. The number of aromatic nitrogens is 3. The number of halogens is 1. The monoisotopic (exact) mass is 482 g/mol. The number of Topliss-reactive ketones (excluding diaryl/α,β-unsaturated/α-hetero) is 1. The van der Waals surface area contributed by atoms with Gasteiger partial charge in [-0.15, -0.1) is 10.2 Å². The van der Waals surface area contributed by atoms with Crippen molar-refractivity contribution in [3.63, 3.8) is 0 Å². The molecule has 1 aromatic heterocycles. The van der Waals surface area contributed by atoms with E-state index in [2.05, 4.69) is 22.3 Å². The number of amides is 1. The third-order valence-corrected chi connectivity index (χ3v) is 7.71. The number of likely N-dealkylation sites (N-methyl/N-ethyl adjacent to an activating group) is 1. The Morgan fingerprint density at radius 1 is 1.12 bits per heavy atom. The minimum absolute atomic E-state index is 0.0477. The van der Waals surface area contributed by atoms with Gasteiger partial charge < -0.3 is 9.47 Å². The highest BCUT2D eigenvalue weighted by molar-refractivity contribution is 7.99. The van der Waals surface area contributed by atoms with E-state index >= 15 is 0 Å². The number of ketones is 1. The zero-order chi connectivity index (χ0) is 23.4. The molecule has 6 nitrogen and oxygen atoms in total. The van der Waals surface area contributed by atoms with E-state index in [1.807, 2.05) is 48.0 Å². The number of thioether (sulfide) groups is 1. The van der Waals surface area contributed by atoms with E-state index in [9.17, 15) is 9.59 Å². The van der Waals surface area contributed by atoms with Crippen LogP contribution in [0.2, 0.25) is 5.02 Å². The lowest BCUT2D eigenvalue weighted by molar-refractivity contribution is -0.146. The van der Waals surface area contributed by atoms with E-state index in [1.54, 1.807) is 18.0 Å². The molecule has 1 atom stereocenters. The van der Waals surface area contributed by atoms with Gasteiger partial charge in [0.25, 0.3) is 0 Å². The van der Waals surface area contributed by atoms with Crippen molar-refractivity contribution in [1.82, 2.24) is 19.7 Å². The highest BCUT2D eigenvalue weighted by Crippen LogP contribution is 2.42. The zero-order valence-electron chi connectivity index (χ0n) is 18.8. The maximum Gasteiger partial charge on any atom is 0.233 e. The predicted octanol–water partition coefficient (Wildman–Crippen LogP) is 4.65. The van der Waals surface area contributed by atoms with Gasteiger partial charge in [0.15, 0.2) is 10.9 Å². The molecule has 0 aliphatic heterocycles. The highest BCUT2D eigenvalue weighted by atomic mass is 35.5. The Morgan fingerprint density at radius 3 is 2.58 bits per heavy atom. The van der Waals surface area contributed by atoms with E-state index < -0.39 is 5.54 Å². The van der Waals surface area contributed by atoms with Gasteiger partial charge in [0.05, 0.1) is 5.75 Å². The summed E-state index contributed by atoms with van der Waals surface area (Å²) in [7, 11) is 3.62. The Balaban J connectivity index is 1.51. The lowest BCUT2D eigenvalue weighted by Gasteiger charge is -2.44. The largest absolute Gasteiger partial charge is 0.328 e. The lowest BCUT2D eigenvalue weighted by Crippen LogP contribution is -2.54. The molecule has 0 saturated heterocycles. The van der Waals surface area contributed by atoms with Gasteiger partial charge in [-0.1, -0.05) is 71.9 Å². The highest BCUT2D eigenvalue weighted by Gasteiger charge is 2.47. The van der Waals surface area contributed by atoms with Gasteiger partial charge in [0, 0.05) is 37.5 Å². The Labute approximate surface area is 203 Å². The van der Waals surface area contributed by atoms with Crippen LogP contribution in [-0.2, 0) is 28.6 Å². The van der Waals surface area contributed by atoms with Crippen LogP contribution in [0.15, 0.2) is 59.8 Å². The molecule has 2 aromatic carbocycles. The van der Waals surface area contributed by atoms with E-state index in [0.29, 0.717) is 35.0 Å². The number of carbonyl (C=O) groups is 2. The number of hydrogen-bond donors (Lipinski definition) is 0. The van der Waals surface area contributed by atoms with E-state index in [-0.39, 0.29) is 17.4 Å². The molecule has 1 amide bonds. The molecule has 1 saturated carbocycles. The normalized spacial score (nSPS) is 18.3. The fourth-order valence-electron chi connectivity index (χ4n) is 4.47. The van der Waals surface area contributed by atoms with Crippen molar-refractivity contribution in [3.8, 4) is 0 Å². The molecule has 1 aliphatic carbocycles. The van der Waals surface area contributed by atoms with Gasteiger partial charge in [0.2, 0.25) is 5.91 Å². The number of carbonyl (C=O) groups excluding carboxylic acids is 2. The van der Waals surface area contributed by atoms with Crippen LogP contribution in [0.4, 0.5) is 0 Å². The fraction of sp³-hybridized carbons (Fsp3) is 0.360. The molecule has 8 heteroatoms. The van der Waals surface area contributed by atoms with Crippen LogP contribution in [0.1, 0.15) is 42.6 Å². The molecule has 172 valence electrons. The number of hydrogen-bond acceptors (Lipinski definition) is 5. The van der Waals surface area contributed by atoms with E-state index in [4.69, 9.17) is 11.6 Å². The lowest BCUT2D eigenvalue weighted by atomic mass is 9.74. The number of benzene rings is 2. The quantitative estimate of drug-likeness (QED) is 0.458. The summed E-state index contributed by atoms with van der Waals surface area (Å²) in [5, 5.41) is 9.77. The third-order valence-electron chi connectivity index (χ3n) is 6.37. The van der Waals surface area contributed by atoms with Crippen molar-refractivity contribution in [3.05, 3.63) is 76.6 Å². The molecule has 1 heterocycles. The summed E-state index contributed by atoms with van der Waals surface area (Å²) in [6.45, 7) is 0. The van der Waals surface area contributed by atoms with Gasteiger partial charge >= 0.3 is 0 Å². The van der Waals surface area contributed by atoms with Crippen LogP contribution >= 0.6 is 23.4 Å². The maximum absolute atomic E-state index is 13.3. The fourth-order valence-corrected chi connectivity index (χ4v) is 5.60. The molecular formula is C25H27ClN4O2S. The summed E-state index contributed by atoms with van der Waals surface area (Å²) < 4.78 is 1.92. The first-order chi connectivity index (χ1) is 15.9. The smallest absolute Gasteiger partial charge is 0.233 e. The van der Waals surface area contributed by atoms with Crippen molar-refractivity contribution in [2.24, 2.45) is 7.05 Å². The Kier molecular flexibility index (Phi) is 7.20. The second-order valence-corrected chi connectivity index (χ2v) is 9.68. The Morgan fingerprint density at radius 2 is 1.85 bits per heavy atom. The summed E-state index contributed by atoms with van der Waals surface area (Å²) in [6, 6.07) is 17.4. The molecular weight excluding hydrogens is 456 g/mol. The molecule has 1 aliphatic rings. The minimum Gasteiger partial charge on any atom is -0.328 e. The van der Waals surface area contributed by atoms with Crippen molar-refractivity contribution in [2.45, 2.75) is 42.8 Å². The summed E-state index contributed by atoms with van der Waals surface area (Å²) in [6.07, 6.45) is 3.40.